The number of methoxy groups -OCH3 is 2. The van der Waals surface area contributed by atoms with Gasteiger partial charge in [-0.25, -0.2) is 0 Å². The Kier molecular flexibility index (Phi) is 6.52. The lowest BCUT2D eigenvalue weighted by atomic mass is 9.94. The average molecular weight is 260 g/mol. The summed E-state index contributed by atoms with van der Waals surface area (Å²) in [4.78, 5) is 2.41. The van der Waals surface area contributed by atoms with Crippen molar-refractivity contribution in [2.75, 3.05) is 40.5 Å². The van der Waals surface area contributed by atoms with E-state index in [0.717, 1.165) is 32.5 Å². The molecule has 5 heteroatoms. The summed E-state index contributed by atoms with van der Waals surface area (Å²) >= 11 is 0. The Labute approximate surface area is 111 Å². The Morgan fingerprint density at radius 1 is 1.44 bits per heavy atom. The molecule has 0 aromatic rings. The van der Waals surface area contributed by atoms with E-state index in [4.69, 9.17) is 19.9 Å². The van der Waals surface area contributed by atoms with Crippen molar-refractivity contribution in [3.05, 3.63) is 0 Å². The summed E-state index contributed by atoms with van der Waals surface area (Å²) in [5.41, 5.74) is 5.89. The molecule has 1 fully saturated rings. The molecule has 1 aliphatic heterocycles. The minimum absolute atomic E-state index is 0.112. The molecule has 2 atom stereocenters. The van der Waals surface area contributed by atoms with E-state index >= 15 is 0 Å². The van der Waals surface area contributed by atoms with Gasteiger partial charge >= 0.3 is 0 Å². The van der Waals surface area contributed by atoms with Gasteiger partial charge in [-0.3, -0.25) is 4.90 Å². The fourth-order valence-corrected chi connectivity index (χ4v) is 2.45. The third kappa shape index (κ3) is 4.17. The fourth-order valence-electron chi connectivity index (χ4n) is 2.45. The molecule has 0 radical (unpaired) electrons. The van der Waals surface area contributed by atoms with Crippen molar-refractivity contribution in [2.45, 2.75) is 44.6 Å². The second-order valence-electron chi connectivity index (χ2n) is 5.29. The molecular weight excluding hydrogens is 232 g/mol. The highest BCUT2D eigenvalue weighted by molar-refractivity contribution is 4.90. The minimum atomic E-state index is -0.210. The summed E-state index contributed by atoms with van der Waals surface area (Å²) in [6.45, 7) is 7.63. The van der Waals surface area contributed by atoms with E-state index in [1.807, 2.05) is 0 Å². The molecule has 0 saturated carbocycles. The SMILES string of the molecule is COC(CC(C)(CN)N1CCCOC(C)C1)OC. The molecule has 2 N–H and O–H groups in total. The van der Waals surface area contributed by atoms with Gasteiger partial charge in [-0.15, -0.1) is 0 Å². The predicted molar refractivity (Wildman–Crippen MR) is 71.5 cm³/mol. The Balaban J connectivity index is 2.71. The zero-order valence-corrected chi connectivity index (χ0v) is 12.1. The van der Waals surface area contributed by atoms with Crippen molar-refractivity contribution < 1.29 is 14.2 Å². The fraction of sp³-hybridized carbons (Fsp3) is 1.00. The normalized spacial score (nSPS) is 26.0. The molecule has 108 valence electrons. The van der Waals surface area contributed by atoms with Gasteiger partial charge < -0.3 is 19.9 Å². The Hall–Kier alpha value is -0.200. The molecule has 1 aliphatic rings. The lowest BCUT2D eigenvalue weighted by molar-refractivity contribution is -0.129. The molecule has 0 aromatic carbocycles. The molecule has 0 aromatic heterocycles. The van der Waals surface area contributed by atoms with Gasteiger partial charge in [0.2, 0.25) is 0 Å². The van der Waals surface area contributed by atoms with Crippen LogP contribution in [0.1, 0.15) is 26.7 Å². The van der Waals surface area contributed by atoms with Gasteiger partial charge in [0.05, 0.1) is 6.10 Å². The predicted octanol–water partition coefficient (Wildman–Crippen LogP) is 0.824. The quantitative estimate of drug-likeness (QED) is 0.717. The van der Waals surface area contributed by atoms with Crippen LogP contribution in [-0.4, -0.2) is 63.3 Å². The molecule has 1 rings (SSSR count). The second-order valence-corrected chi connectivity index (χ2v) is 5.29. The monoisotopic (exact) mass is 260 g/mol. The van der Waals surface area contributed by atoms with Crippen LogP contribution in [0.25, 0.3) is 0 Å². The summed E-state index contributed by atoms with van der Waals surface area (Å²) in [5, 5.41) is 0. The van der Waals surface area contributed by atoms with Crippen LogP contribution in [0.5, 0.6) is 0 Å². The maximum absolute atomic E-state index is 6.00. The van der Waals surface area contributed by atoms with Crippen molar-refractivity contribution in [3.8, 4) is 0 Å². The molecule has 1 saturated heterocycles. The van der Waals surface area contributed by atoms with Gasteiger partial charge in [-0.05, 0) is 20.3 Å². The highest BCUT2D eigenvalue weighted by Gasteiger charge is 2.35. The van der Waals surface area contributed by atoms with Gasteiger partial charge in [0, 0.05) is 52.4 Å². The number of hydrogen-bond donors (Lipinski definition) is 1. The van der Waals surface area contributed by atoms with Crippen LogP contribution in [0.3, 0.4) is 0 Å². The van der Waals surface area contributed by atoms with E-state index in [1.165, 1.54) is 0 Å². The maximum Gasteiger partial charge on any atom is 0.158 e. The molecule has 0 aliphatic carbocycles. The average Bonchev–Trinajstić information content (AvgIpc) is 2.60. The minimum Gasteiger partial charge on any atom is -0.377 e. The van der Waals surface area contributed by atoms with Gasteiger partial charge in [-0.1, -0.05) is 0 Å². The first-order chi connectivity index (χ1) is 8.55. The molecule has 5 nitrogen and oxygen atoms in total. The molecule has 2 unspecified atom stereocenters. The van der Waals surface area contributed by atoms with Crippen LogP contribution < -0.4 is 5.73 Å². The Morgan fingerprint density at radius 3 is 2.67 bits per heavy atom. The highest BCUT2D eigenvalue weighted by atomic mass is 16.7. The number of hydrogen-bond acceptors (Lipinski definition) is 5. The summed E-state index contributed by atoms with van der Waals surface area (Å²) in [7, 11) is 3.33. The lowest BCUT2D eigenvalue weighted by Crippen LogP contribution is -2.55. The molecule has 18 heavy (non-hydrogen) atoms. The highest BCUT2D eigenvalue weighted by Crippen LogP contribution is 2.24. The van der Waals surface area contributed by atoms with Crippen molar-refractivity contribution in [1.82, 2.24) is 4.90 Å². The topological polar surface area (TPSA) is 57.0 Å². The van der Waals surface area contributed by atoms with E-state index < -0.39 is 0 Å². The number of nitrogens with two attached hydrogens (primary N) is 1. The van der Waals surface area contributed by atoms with Crippen molar-refractivity contribution >= 4 is 0 Å². The zero-order chi connectivity index (χ0) is 13.6. The van der Waals surface area contributed by atoms with Gasteiger partial charge in [0.15, 0.2) is 6.29 Å². The molecule has 0 bridgehead atoms. The molecule has 0 amide bonds. The van der Waals surface area contributed by atoms with Crippen LogP contribution in [0.4, 0.5) is 0 Å². The van der Waals surface area contributed by atoms with Crippen LogP contribution in [-0.2, 0) is 14.2 Å². The number of nitrogens with zero attached hydrogens (tertiary/aromatic N) is 1. The van der Waals surface area contributed by atoms with Crippen molar-refractivity contribution in [1.29, 1.82) is 0 Å². The summed E-state index contributed by atoms with van der Waals surface area (Å²) in [6, 6.07) is 0. The number of rotatable bonds is 6. The Morgan fingerprint density at radius 2 is 2.11 bits per heavy atom. The first-order valence-electron chi connectivity index (χ1n) is 6.68. The van der Waals surface area contributed by atoms with Gasteiger partial charge in [-0.2, -0.15) is 0 Å². The standard InChI is InChI=1S/C13H28N2O3/c1-11-9-15(6-5-7-18-11)13(2,10-14)8-12(16-3)17-4/h11-12H,5-10,14H2,1-4H3. The van der Waals surface area contributed by atoms with E-state index in [2.05, 4.69) is 18.7 Å². The maximum atomic E-state index is 6.00. The van der Waals surface area contributed by atoms with Crippen molar-refractivity contribution in [3.63, 3.8) is 0 Å². The third-order valence-electron chi connectivity index (χ3n) is 3.79. The molecule has 0 spiro atoms. The third-order valence-corrected chi connectivity index (χ3v) is 3.79. The lowest BCUT2D eigenvalue weighted by Gasteiger charge is -2.42. The molecule has 1 heterocycles. The van der Waals surface area contributed by atoms with Gasteiger partial charge in [0.1, 0.15) is 0 Å². The first kappa shape index (κ1) is 15.9. The smallest absolute Gasteiger partial charge is 0.158 e. The van der Waals surface area contributed by atoms with Crippen LogP contribution in [0.2, 0.25) is 0 Å². The number of ether oxygens (including phenoxy) is 3. The van der Waals surface area contributed by atoms with Gasteiger partial charge in [0.25, 0.3) is 0 Å². The largest absolute Gasteiger partial charge is 0.377 e. The summed E-state index contributed by atoms with van der Waals surface area (Å²) < 4.78 is 16.3. The Bertz CT molecular complexity index is 236. The molecular formula is C13H28N2O3. The summed E-state index contributed by atoms with van der Waals surface area (Å²) in [6.07, 6.45) is 1.85. The first-order valence-corrected chi connectivity index (χ1v) is 6.68. The van der Waals surface area contributed by atoms with E-state index in [1.54, 1.807) is 14.2 Å². The zero-order valence-electron chi connectivity index (χ0n) is 12.1. The van der Waals surface area contributed by atoms with Crippen molar-refractivity contribution in [2.24, 2.45) is 5.73 Å². The van der Waals surface area contributed by atoms with Crippen LogP contribution >= 0.6 is 0 Å². The van der Waals surface area contributed by atoms with E-state index in [9.17, 15) is 0 Å². The second kappa shape index (κ2) is 7.40. The van der Waals surface area contributed by atoms with E-state index in [0.29, 0.717) is 6.54 Å². The summed E-state index contributed by atoms with van der Waals surface area (Å²) in [5.74, 6) is 0. The van der Waals surface area contributed by atoms with E-state index in [-0.39, 0.29) is 17.9 Å². The van der Waals surface area contributed by atoms with Crippen LogP contribution in [0.15, 0.2) is 0 Å². The van der Waals surface area contributed by atoms with Crippen LogP contribution in [0, 0.1) is 0 Å².